The van der Waals surface area contributed by atoms with E-state index in [-0.39, 0.29) is 30.6 Å². The molecule has 2 aromatic rings. The molecule has 5 heteroatoms. The molecular formula is C17H21N3O2. The number of nitrogens with one attached hydrogen (secondary N) is 1. The molecule has 0 radical (unpaired) electrons. The van der Waals surface area contributed by atoms with Crippen LogP contribution in [0.3, 0.4) is 0 Å². The van der Waals surface area contributed by atoms with E-state index in [1.54, 1.807) is 24.7 Å². The fourth-order valence-electron chi connectivity index (χ4n) is 2.22. The van der Waals surface area contributed by atoms with Gasteiger partial charge in [-0.1, -0.05) is 37.3 Å². The predicted molar refractivity (Wildman–Crippen MR) is 84.5 cm³/mol. The van der Waals surface area contributed by atoms with Crippen molar-refractivity contribution in [1.82, 2.24) is 14.9 Å². The van der Waals surface area contributed by atoms with Crippen molar-refractivity contribution in [3.8, 4) is 0 Å². The van der Waals surface area contributed by atoms with Gasteiger partial charge in [-0.05, 0) is 6.42 Å². The number of aromatic nitrogens is 2. The Labute approximate surface area is 130 Å². The average molecular weight is 299 g/mol. The van der Waals surface area contributed by atoms with Gasteiger partial charge in [0.2, 0.25) is 5.91 Å². The summed E-state index contributed by atoms with van der Waals surface area (Å²) in [6.07, 6.45) is 6.59. The molecule has 0 aliphatic rings. The Kier molecular flexibility index (Phi) is 5.89. The summed E-state index contributed by atoms with van der Waals surface area (Å²) in [5.74, 6) is -0.0883. The first-order chi connectivity index (χ1) is 10.7. The number of carbonyl (C=O) groups is 2. The third kappa shape index (κ3) is 4.84. The van der Waals surface area contributed by atoms with Crippen LogP contribution in [0.1, 0.15) is 36.5 Å². The van der Waals surface area contributed by atoms with Gasteiger partial charge in [-0.25, -0.2) is 4.98 Å². The van der Waals surface area contributed by atoms with Crippen molar-refractivity contribution < 1.29 is 9.59 Å². The average Bonchev–Trinajstić information content (AvgIpc) is 3.05. The first-order valence-electron chi connectivity index (χ1n) is 7.52. The fourth-order valence-corrected chi connectivity index (χ4v) is 2.22. The summed E-state index contributed by atoms with van der Waals surface area (Å²) in [5, 5.41) is 2.97. The summed E-state index contributed by atoms with van der Waals surface area (Å²) < 4.78 is 1.93. The zero-order chi connectivity index (χ0) is 15.8. The second-order valence-electron chi connectivity index (χ2n) is 5.22. The lowest BCUT2D eigenvalue weighted by Crippen LogP contribution is -2.37. The molecule has 0 saturated heterocycles. The van der Waals surface area contributed by atoms with Crippen molar-refractivity contribution in [2.24, 2.45) is 0 Å². The monoisotopic (exact) mass is 299 g/mol. The highest BCUT2D eigenvalue weighted by Crippen LogP contribution is 2.06. The Balaban J connectivity index is 1.78. The Bertz CT molecular complexity index is 594. The SMILES string of the molecule is CCC(Cn1ccnc1)NC(=O)CCC(=O)c1ccccc1. The molecule has 22 heavy (non-hydrogen) atoms. The molecule has 5 nitrogen and oxygen atoms in total. The lowest BCUT2D eigenvalue weighted by Gasteiger charge is -2.17. The molecule has 1 N–H and O–H groups in total. The second-order valence-corrected chi connectivity index (χ2v) is 5.22. The number of ketones is 1. The van der Waals surface area contributed by atoms with Crippen LogP contribution in [-0.2, 0) is 11.3 Å². The minimum absolute atomic E-state index is 0.00147. The van der Waals surface area contributed by atoms with E-state index in [1.807, 2.05) is 35.9 Å². The van der Waals surface area contributed by atoms with Gasteiger partial charge in [0.25, 0.3) is 0 Å². The number of carbonyl (C=O) groups excluding carboxylic acids is 2. The molecule has 116 valence electrons. The van der Waals surface area contributed by atoms with Crippen LogP contribution in [0.25, 0.3) is 0 Å². The zero-order valence-corrected chi connectivity index (χ0v) is 12.7. The van der Waals surface area contributed by atoms with Gasteiger partial charge >= 0.3 is 0 Å². The number of imidazole rings is 1. The Morgan fingerprint density at radius 3 is 2.64 bits per heavy atom. The molecule has 1 amide bonds. The van der Waals surface area contributed by atoms with Crippen molar-refractivity contribution in [3.63, 3.8) is 0 Å². The highest BCUT2D eigenvalue weighted by Gasteiger charge is 2.13. The second kappa shape index (κ2) is 8.12. The number of nitrogens with zero attached hydrogens (tertiary/aromatic N) is 2. The van der Waals surface area contributed by atoms with Gasteiger partial charge in [-0.15, -0.1) is 0 Å². The van der Waals surface area contributed by atoms with Gasteiger partial charge in [0, 0.05) is 43.4 Å². The van der Waals surface area contributed by atoms with Gasteiger partial charge in [0.1, 0.15) is 0 Å². The quantitative estimate of drug-likeness (QED) is 0.761. The minimum atomic E-state index is -0.0868. The van der Waals surface area contributed by atoms with E-state index in [4.69, 9.17) is 0 Å². The van der Waals surface area contributed by atoms with Crippen LogP contribution < -0.4 is 5.32 Å². The summed E-state index contributed by atoms with van der Waals surface area (Å²) in [5.41, 5.74) is 0.653. The summed E-state index contributed by atoms with van der Waals surface area (Å²) in [4.78, 5) is 27.9. The van der Waals surface area contributed by atoms with E-state index in [1.165, 1.54) is 0 Å². The molecule has 0 aliphatic carbocycles. The molecule has 0 saturated carbocycles. The van der Waals surface area contributed by atoms with Crippen LogP contribution in [-0.4, -0.2) is 27.3 Å². The van der Waals surface area contributed by atoms with Gasteiger partial charge in [-0.2, -0.15) is 0 Å². The summed E-state index contributed by atoms with van der Waals surface area (Å²) in [7, 11) is 0. The molecule has 1 aromatic carbocycles. The molecule has 0 bridgehead atoms. The van der Waals surface area contributed by atoms with Crippen molar-refractivity contribution in [3.05, 3.63) is 54.6 Å². The van der Waals surface area contributed by atoms with Gasteiger partial charge in [0.15, 0.2) is 5.78 Å². The van der Waals surface area contributed by atoms with Crippen LogP contribution in [0.4, 0.5) is 0 Å². The lowest BCUT2D eigenvalue weighted by atomic mass is 10.1. The van der Waals surface area contributed by atoms with Crippen molar-refractivity contribution in [2.75, 3.05) is 0 Å². The van der Waals surface area contributed by atoms with E-state index in [9.17, 15) is 9.59 Å². The Morgan fingerprint density at radius 1 is 1.23 bits per heavy atom. The number of benzene rings is 1. The molecule has 1 heterocycles. The van der Waals surface area contributed by atoms with Crippen molar-refractivity contribution in [2.45, 2.75) is 38.8 Å². The highest BCUT2D eigenvalue weighted by molar-refractivity contribution is 5.97. The van der Waals surface area contributed by atoms with Gasteiger partial charge in [0.05, 0.1) is 6.33 Å². The molecule has 0 aliphatic heterocycles. The van der Waals surface area contributed by atoms with E-state index in [0.29, 0.717) is 12.1 Å². The number of amides is 1. The standard InChI is InChI=1S/C17H21N3O2/c1-2-15(12-20-11-10-18-13-20)19-17(22)9-8-16(21)14-6-4-3-5-7-14/h3-7,10-11,13,15H,2,8-9,12H2,1H3,(H,19,22). The Hall–Kier alpha value is -2.43. The maximum atomic E-state index is 12.0. The molecule has 0 spiro atoms. The molecule has 1 unspecified atom stereocenters. The number of hydrogen-bond acceptors (Lipinski definition) is 3. The van der Waals surface area contributed by atoms with Crippen LogP contribution in [0.15, 0.2) is 49.1 Å². The van der Waals surface area contributed by atoms with Crippen LogP contribution in [0, 0.1) is 0 Å². The maximum absolute atomic E-state index is 12.0. The zero-order valence-electron chi connectivity index (χ0n) is 12.7. The van der Waals surface area contributed by atoms with Gasteiger partial charge < -0.3 is 9.88 Å². The summed E-state index contributed by atoms with van der Waals surface area (Å²) in [6, 6.07) is 9.11. The smallest absolute Gasteiger partial charge is 0.220 e. The lowest BCUT2D eigenvalue weighted by molar-refractivity contribution is -0.121. The van der Waals surface area contributed by atoms with Crippen LogP contribution in [0.5, 0.6) is 0 Å². The number of hydrogen-bond donors (Lipinski definition) is 1. The van der Waals surface area contributed by atoms with Gasteiger partial charge in [-0.3, -0.25) is 9.59 Å². The third-order valence-electron chi connectivity index (χ3n) is 3.52. The van der Waals surface area contributed by atoms with Crippen LogP contribution >= 0.6 is 0 Å². The normalized spacial score (nSPS) is 11.9. The largest absolute Gasteiger partial charge is 0.352 e. The van der Waals surface area contributed by atoms with Crippen LogP contribution in [0.2, 0.25) is 0 Å². The topological polar surface area (TPSA) is 64.0 Å². The molecule has 0 fully saturated rings. The van der Waals surface area contributed by atoms with Crippen molar-refractivity contribution in [1.29, 1.82) is 0 Å². The van der Waals surface area contributed by atoms with Crippen molar-refractivity contribution >= 4 is 11.7 Å². The van der Waals surface area contributed by atoms with E-state index < -0.39 is 0 Å². The number of rotatable bonds is 8. The first-order valence-corrected chi connectivity index (χ1v) is 7.52. The first kappa shape index (κ1) is 15.9. The molecule has 1 aromatic heterocycles. The highest BCUT2D eigenvalue weighted by atomic mass is 16.2. The summed E-state index contributed by atoms with van der Waals surface area (Å²) in [6.45, 7) is 2.71. The maximum Gasteiger partial charge on any atom is 0.220 e. The molecular weight excluding hydrogens is 278 g/mol. The summed E-state index contributed by atoms with van der Waals surface area (Å²) >= 11 is 0. The Morgan fingerprint density at radius 2 is 2.00 bits per heavy atom. The predicted octanol–water partition coefficient (Wildman–Crippen LogP) is 2.44. The minimum Gasteiger partial charge on any atom is -0.352 e. The van der Waals surface area contributed by atoms with E-state index in [2.05, 4.69) is 10.3 Å². The number of Topliss-reactive ketones (excluding diaryl/α,β-unsaturated/α-hetero) is 1. The molecule has 1 atom stereocenters. The van der Waals surface area contributed by atoms with E-state index in [0.717, 1.165) is 6.42 Å². The molecule has 2 rings (SSSR count). The van der Waals surface area contributed by atoms with E-state index >= 15 is 0 Å². The fraction of sp³-hybridized carbons (Fsp3) is 0.353. The third-order valence-corrected chi connectivity index (χ3v) is 3.52.